The van der Waals surface area contributed by atoms with E-state index in [0.29, 0.717) is 12.0 Å². The van der Waals surface area contributed by atoms with Crippen molar-refractivity contribution in [2.75, 3.05) is 0 Å². The number of rotatable bonds is 2. The van der Waals surface area contributed by atoms with Gasteiger partial charge >= 0.3 is 11.9 Å². The van der Waals surface area contributed by atoms with E-state index in [9.17, 15) is 9.59 Å². The largest absolute Gasteiger partial charge is 0.481 e. The summed E-state index contributed by atoms with van der Waals surface area (Å²) < 4.78 is 0. The third kappa shape index (κ3) is 1.58. The van der Waals surface area contributed by atoms with Gasteiger partial charge in [0.05, 0.1) is 5.57 Å². The van der Waals surface area contributed by atoms with Gasteiger partial charge in [0.1, 0.15) is 5.92 Å². The van der Waals surface area contributed by atoms with Crippen molar-refractivity contribution in [2.24, 2.45) is 0 Å². The zero-order valence-corrected chi connectivity index (χ0v) is 8.38. The van der Waals surface area contributed by atoms with Gasteiger partial charge in [0.15, 0.2) is 0 Å². The second kappa shape index (κ2) is 3.81. The first-order chi connectivity index (χ1) is 7.61. The highest BCUT2D eigenvalue weighted by molar-refractivity contribution is 5.98. The number of carboxylic acid groups (broad SMARTS) is 2. The predicted molar refractivity (Wildman–Crippen MR) is 56.2 cm³/mol. The Morgan fingerprint density at radius 3 is 2.50 bits per heavy atom. The van der Waals surface area contributed by atoms with Gasteiger partial charge in [-0.2, -0.15) is 0 Å². The number of aliphatic carboxylic acids is 2. The normalized spacial score (nSPS) is 18.5. The summed E-state index contributed by atoms with van der Waals surface area (Å²) in [5.74, 6) is -3.34. The monoisotopic (exact) mass is 218 g/mol. The van der Waals surface area contributed by atoms with Crippen LogP contribution in [-0.4, -0.2) is 22.2 Å². The summed E-state index contributed by atoms with van der Waals surface area (Å²) in [5.41, 5.74) is 1.40. The second-order valence-corrected chi connectivity index (χ2v) is 3.64. The Morgan fingerprint density at radius 2 is 1.88 bits per heavy atom. The third-order valence-electron chi connectivity index (χ3n) is 2.71. The zero-order chi connectivity index (χ0) is 11.7. The minimum atomic E-state index is -1.16. The minimum absolute atomic E-state index is 0.0498. The minimum Gasteiger partial charge on any atom is -0.481 e. The number of hydrogen-bond acceptors (Lipinski definition) is 2. The maximum atomic E-state index is 11.1. The number of fused-ring (bicyclic) bond motifs is 1. The molecule has 0 spiro atoms. The molecule has 82 valence electrons. The van der Waals surface area contributed by atoms with Gasteiger partial charge in [-0.05, 0) is 17.5 Å². The van der Waals surface area contributed by atoms with Crippen molar-refractivity contribution < 1.29 is 19.8 Å². The number of allylic oxidation sites excluding steroid dienone is 1. The Morgan fingerprint density at radius 1 is 1.19 bits per heavy atom. The van der Waals surface area contributed by atoms with Crippen LogP contribution in [-0.2, 0) is 16.0 Å². The molecule has 2 N–H and O–H groups in total. The molecule has 0 bridgehead atoms. The Kier molecular flexibility index (Phi) is 2.48. The maximum Gasteiger partial charge on any atom is 0.332 e. The van der Waals surface area contributed by atoms with Gasteiger partial charge in [0, 0.05) is 0 Å². The Balaban J connectivity index is 2.54. The maximum absolute atomic E-state index is 11.1. The van der Waals surface area contributed by atoms with Crippen LogP contribution in [0.1, 0.15) is 17.0 Å². The molecule has 0 fully saturated rings. The molecule has 0 heterocycles. The van der Waals surface area contributed by atoms with Crippen LogP contribution in [0.5, 0.6) is 0 Å². The summed E-state index contributed by atoms with van der Waals surface area (Å²) in [6.07, 6.45) is 1.95. The van der Waals surface area contributed by atoms with Gasteiger partial charge in [-0.25, -0.2) is 4.79 Å². The molecular weight excluding hydrogens is 208 g/mol. The van der Waals surface area contributed by atoms with Crippen LogP contribution in [0.15, 0.2) is 35.9 Å². The molecule has 0 amide bonds. The van der Waals surface area contributed by atoms with E-state index in [-0.39, 0.29) is 5.57 Å². The van der Waals surface area contributed by atoms with Gasteiger partial charge in [0.25, 0.3) is 0 Å². The Bertz CT molecular complexity index is 488. The molecular formula is C12H10O4. The van der Waals surface area contributed by atoms with E-state index in [4.69, 9.17) is 10.2 Å². The fourth-order valence-corrected chi connectivity index (χ4v) is 1.98. The van der Waals surface area contributed by atoms with Crippen molar-refractivity contribution >= 4 is 11.9 Å². The van der Waals surface area contributed by atoms with Crippen molar-refractivity contribution in [3.8, 4) is 0 Å². The highest BCUT2D eigenvalue weighted by Crippen LogP contribution is 2.32. The van der Waals surface area contributed by atoms with Crippen LogP contribution < -0.4 is 0 Å². The van der Waals surface area contributed by atoms with E-state index in [1.807, 2.05) is 12.1 Å². The molecule has 1 aromatic rings. The van der Waals surface area contributed by atoms with E-state index in [1.54, 1.807) is 12.1 Å². The van der Waals surface area contributed by atoms with Crippen molar-refractivity contribution in [1.82, 2.24) is 0 Å². The first kappa shape index (κ1) is 10.4. The summed E-state index contributed by atoms with van der Waals surface area (Å²) in [5, 5.41) is 18.1. The average molecular weight is 218 g/mol. The fourth-order valence-electron chi connectivity index (χ4n) is 1.98. The predicted octanol–water partition coefficient (Wildman–Crippen LogP) is 1.42. The molecule has 16 heavy (non-hydrogen) atoms. The summed E-state index contributed by atoms with van der Waals surface area (Å²) >= 11 is 0. The van der Waals surface area contributed by atoms with Crippen LogP contribution in [0.3, 0.4) is 0 Å². The third-order valence-corrected chi connectivity index (χ3v) is 2.71. The van der Waals surface area contributed by atoms with Crippen LogP contribution in [0.25, 0.3) is 0 Å². The molecule has 0 radical (unpaired) electrons. The molecule has 0 aromatic heterocycles. The molecule has 4 heteroatoms. The van der Waals surface area contributed by atoms with E-state index in [1.165, 1.54) is 6.08 Å². The Hall–Kier alpha value is -2.10. The van der Waals surface area contributed by atoms with Crippen molar-refractivity contribution in [1.29, 1.82) is 0 Å². The Labute approximate surface area is 91.8 Å². The fraction of sp³-hybridized carbons (Fsp3) is 0.167. The first-order valence-corrected chi connectivity index (χ1v) is 4.85. The standard InChI is InChI=1S/C12H10O4/c13-11(14)9-6-5-7-3-1-2-4-8(7)10(9)12(15)16/h1-4,6,10H,5H2,(H,13,14)(H,15,16). The molecule has 1 aromatic carbocycles. The van der Waals surface area contributed by atoms with Crippen molar-refractivity contribution in [2.45, 2.75) is 12.3 Å². The highest BCUT2D eigenvalue weighted by atomic mass is 16.4. The lowest BCUT2D eigenvalue weighted by Crippen LogP contribution is -2.23. The van der Waals surface area contributed by atoms with E-state index >= 15 is 0 Å². The van der Waals surface area contributed by atoms with Gasteiger partial charge in [-0.3, -0.25) is 4.79 Å². The summed E-state index contributed by atoms with van der Waals surface area (Å²) in [6, 6.07) is 7.03. The van der Waals surface area contributed by atoms with E-state index in [2.05, 4.69) is 0 Å². The number of carbonyl (C=O) groups is 2. The van der Waals surface area contributed by atoms with Crippen LogP contribution in [0.4, 0.5) is 0 Å². The van der Waals surface area contributed by atoms with E-state index < -0.39 is 17.9 Å². The van der Waals surface area contributed by atoms with Crippen LogP contribution in [0, 0.1) is 0 Å². The van der Waals surface area contributed by atoms with Gasteiger partial charge in [0.2, 0.25) is 0 Å². The number of hydrogen-bond donors (Lipinski definition) is 2. The second-order valence-electron chi connectivity index (χ2n) is 3.64. The van der Waals surface area contributed by atoms with E-state index in [0.717, 1.165) is 5.56 Å². The summed E-state index contributed by atoms with van der Waals surface area (Å²) in [4.78, 5) is 22.1. The lowest BCUT2D eigenvalue weighted by Gasteiger charge is -2.21. The molecule has 4 nitrogen and oxygen atoms in total. The number of carboxylic acids is 2. The molecule has 1 aliphatic rings. The molecule has 1 aliphatic carbocycles. The van der Waals surface area contributed by atoms with Gasteiger partial charge in [-0.1, -0.05) is 30.3 Å². The van der Waals surface area contributed by atoms with Crippen LogP contribution in [0.2, 0.25) is 0 Å². The molecule has 1 unspecified atom stereocenters. The lowest BCUT2D eigenvalue weighted by atomic mass is 9.82. The highest BCUT2D eigenvalue weighted by Gasteiger charge is 2.32. The molecule has 0 saturated heterocycles. The molecule has 0 aliphatic heterocycles. The topological polar surface area (TPSA) is 74.6 Å². The first-order valence-electron chi connectivity index (χ1n) is 4.85. The summed E-state index contributed by atoms with van der Waals surface area (Å²) in [6.45, 7) is 0. The molecule has 1 atom stereocenters. The molecule has 0 saturated carbocycles. The van der Waals surface area contributed by atoms with Crippen molar-refractivity contribution in [3.05, 3.63) is 47.0 Å². The van der Waals surface area contributed by atoms with Gasteiger partial charge in [-0.15, -0.1) is 0 Å². The summed E-state index contributed by atoms with van der Waals surface area (Å²) in [7, 11) is 0. The van der Waals surface area contributed by atoms with Crippen LogP contribution >= 0.6 is 0 Å². The number of benzene rings is 1. The zero-order valence-electron chi connectivity index (χ0n) is 8.38. The smallest absolute Gasteiger partial charge is 0.332 e. The average Bonchev–Trinajstić information content (AvgIpc) is 2.27. The molecule has 2 rings (SSSR count). The lowest BCUT2D eigenvalue weighted by molar-refractivity contribution is -0.141. The van der Waals surface area contributed by atoms with Crippen molar-refractivity contribution in [3.63, 3.8) is 0 Å². The van der Waals surface area contributed by atoms with Gasteiger partial charge < -0.3 is 10.2 Å². The SMILES string of the molecule is O=C(O)C1=CCc2ccccc2C1C(=O)O. The quantitative estimate of drug-likeness (QED) is 0.787.